The third-order valence-corrected chi connectivity index (χ3v) is 2.97. The van der Waals surface area contributed by atoms with E-state index in [1.54, 1.807) is 13.0 Å². The molecule has 1 N–H and O–H groups in total. The van der Waals surface area contributed by atoms with Gasteiger partial charge in [-0.15, -0.1) is 10.2 Å². The molecule has 0 spiro atoms. The molecule has 2 rings (SSSR count). The first-order chi connectivity index (χ1) is 8.06. The Kier molecular flexibility index (Phi) is 3.54. The topological polar surface area (TPSA) is 51.0 Å². The Morgan fingerprint density at radius 2 is 1.94 bits per heavy atom. The fourth-order valence-corrected chi connectivity index (χ4v) is 1.81. The summed E-state index contributed by atoms with van der Waals surface area (Å²) in [4.78, 5) is 0. The van der Waals surface area contributed by atoms with Crippen LogP contribution in [-0.2, 0) is 6.54 Å². The Morgan fingerprint density at radius 1 is 1.18 bits per heavy atom. The first-order valence-electron chi connectivity index (χ1n) is 5.05. The van der Waals surface area contributed by atoms with Crippen LogP contribution in [-0.4, -0.2) is 10.2 Å². The van der Waals surface area contributed by atoms with E-state index in [0.29, 0.717) is 28.4 Å². The zero-order valence-electron chi connectivity index (χ0n) is 9.42. The van der Waals surface area contributed by atoms with E-state index in [1.807, 2.05) is 13.0 Å². The Balaban J connectivity index is 2.11. The zero-order valence-corrected chi connectivity index (χ0v) is 10.9. The van der Waals surface area contributed by atoms with Gasteiger partial charge in [0.1, 0.15) is 0 Å². The van der Waals surface area contributed by atoms with Crippen LogP contribution in [0.4, 0.5) is 5.69 Å². The highest BCUT2D eigenvalue weighted by molar-refractivity contribution is 6.35. The molecule has 0 saturated heterocycles. The number of hydrogen-bond acceptors (Lipinski definition) is 4. The van der Waals surface area contributed by atoms with Gasteiger partial charge >= 0.3 is 0 Å². The first-order valence-corrected chi connectivity index (χ1v) is 5.80. The molecule has 2 aromatic rings. The molecular formula is C11H11Cl2N3O. The quantitative estimate of drug-likeness (QED) is 0.927. The molecule has 0 aliphatic heterocycles. The summed E-state index contributed by atoms with van der Waals surface area (Å²) in [6.45, 7) is 4.06. The van der Waals surface area contributed by atoms with Crippen LogP contribution in [0.15, 0.2) is 16.5 Å². The van der Waals surface area contributed by atoms with Crippen molar-refractivity contribution in [3.63, 3.8) is 0 Å². The van der Waals surface area contributed by atoms with Crippen molar-refractivity contribution in [3.05, 3.63) is 39.5 Å². The lowest BCUT2D eigenvalue weighted by atomic mass is 10.2. The normalized spacial score (nSPS) is 10.6. The number of aryl methyl sites for hydroxylation is 2. The lowest BCUT2D eigenvalue weighted by Crippen LogP contribution is -2.00. The lowest BCUT2D eigenvalue weighted by molar-refractivity contribution is 0.475. The molecule has 0 aliphatic carbocycles. The van der Waals surface area contributed by atoms with Gasteiger partial charge in [0.05, 0.1) is 17.3 Å². The minimum Gasteiger partial charge on any atom is -0.424 e. The maximum absolute atomic E-state index is 6.09. The summed E-state index contributed by atoms with van der Waals surface area (Å²) in [5.74, 6) is 1.05. The summed E-state index contributed by atoms with van der Waals surface area (Å²) in [5, 5.41) is 12.0. The van der Waals surface area contributed by atoms with Gasteiger partial charge in [0.25, 0.3) is 0 Å². The van der Waals surface area contributed by atoms with Crippen molar-refractivity contribution in [2.24, 2.45) is 0 Å². The van der Waals surface area contributed by atoms with Crippen LogP contribution >= 0.6 is 23.2 Å². The highest BCUT2D eigenvalue weighted by atomic mass is 35.5. The van der Waals surface area contributed by atoms with Crippen molar-refractivity contribution in [2.75, 3.05) is 5.32 Å². The largest absolute Gasteiger partial charge is 0.424 e. The van der Waals surface area contributed by atoms with E-state index < -0.39 is 0 Å². The molecule has 0 fully saturated rings. The molecule has 17 heavy (non-hydrogen) atoms. The predicted molar refractivity (Wildman–Crippen MR) is 67.6 cm³/mol. The second-order valence-electron chi connectivity index (χ2n) is 3.65. The molecule has 6 heteroatoms. The second kappa shape index (κ2) is 4.94. The van der Waals surface area contributed by atoms with Gasteiger partial charge in [0, 0.05) is 11.9 Å². The fraction of sp³-hybridized carbons (Fsp3) is 0.273. The average molecular weight is 272 g/mol. The summed E-state index contributed by atoms with van der Waals surface area (Å²) in [5.41, 5.74) is 1.69. The van der Waals surface area contributed by atoms with Gasteiger partial charge < -0.3 is 9.73 Å². The molecule has 0 unspecified atom stereocenters. The number of nitrogens with zero attached hydrogens (tertiary/aromatic N) is 2. The molecule has 0 saturated carbocycles. The third kappa shape index (κ3) is 2.90. The average Bonchev–Trinajstić information content (AvgIpc) is 2.68. The van der Waals surface area contributed by atoms with Gasteiger partial charge in [-0.2, -0.15) is 0 Å². The molecular weight excluding hydrogens is 261 g/mol. The third-order valence-electron chi connectivity index (χ3n) is 2.25. The van der Waals surface area contributed by atoms with Crippen LogP contribution < -0.4 is 5.32 Å². The van der Waals surface area contributed by atoms with Crippen molar-refractivity contribution < 1.29 is 4.42 Å². The molecule has 0 amide bonds. The van der Waals surface area contributed by atoms with Crippen molar-refractivity contribution in [3.8, 4) is 0 Å². The fourth-order valence-electron chi connectivity index (χ4n) is 1.36. The smallest absolute Gasteiger partial charge is 0.235 e. The molecule has 1 aromatic heterocycles. The number of hydrogen-bond donors (Lipinski definition) is 1. The molecule has 0 bridgehead atoms. The lowest BCUT2D eigenvalue weighted by Gasteiger charge is -2.08. The minimum atomic E-state index is 0.417. The minimum absolute atomic E-state index is 0.417. The molecule has 1 aromatic carbocycles. The van der Waals surface area contributed by atoms with E-state index in [-0.39, 0.29) is 0 Å². The molecule has 0 atom stereocenters. The number of aromatic nitrogens is 2. The van der Waals surface area contributed by atoms with Crippen molar-refractivity contribution >= 4 is 28.9 Å². The predicted octanol–water partition coefficient (Wildman–Crippen LogP) is 3.61. The Labute approximate surface area is 109 Å². The Bertz CT molecular complexity index is 540. The zero-order chi connectivity index (χ0) is 12.4. The highest BCUT2D eigenvalue weighted by Crippen LogP contribution is 2.28. The van der Waals surface area contributed by atoms with Crippen LogP contribution in [0.3, 0.4) is 0 Å². The van der Waals surface area contributed by atoms with Crippen LogP contribution in [0.25, 0.3) is 0 Å². The van der Waals surface area contributed by atoms with Gasteiger partial charge in [-0.3, -0.25) is 0 Å². The van der Waals surface area contributed by atoms with Gasteiger partial charge in [-0.05, 0) is 24.6 Å². The monoisotopic (exact) mass is 271 g/mol. The van der Waals surface area contributed by atoms with Crippen molar-refractivity contribution in [2.45, 2.75) is 20.4 Å². The Morgan fingerprint density at radius 3 is 2.59 bits per heavy atom. The maximum atomic E-state index is 6.09. The Hall–Kier alpha value is -1.26. The van der Waals surface area contributed by atoms with E-state index in [4.69, 9.17) is 27.6 Å². The summed E-state index contributed by atoms with van der Waals surface area (Å²) in [6, 6.07) is 3.59. The molecule has 1 heterocycles. The SMILES string of the molecule is Cc1nnc(CNc2cc(Cl)c(C)cc2Cl)o1. The van der Waals surface area contributed by atoms with Crippen molar-refractivity contribution in [1.82, 2.24) is 10.2 Å². The maximum Gasteiger partial charge on any atom is 0.235 e. The van der Waals surface area contributed by atoms with Gasteiger partial charge in [0.15, 0.2) is 0 Å². The van der Waals surface area contributed by atoms with E-state index in [1.165, 1.54) is 0 Å². The summed E-state index contributed by atoms with van der Waals surface area (Å²) < 4.78 is 5.24. The van der Waals surface area contributed by atoms with E-state index >= 15 is 0 Å². The first kappa shape index (κ1) is 12.2. The number of nitrogens with one attached hydrogen (secondary N) is 1. The summed E-state index contributed by atoms with van der Waals surface area (Å²) in [6.07, 6.45) is 0. The number of rotatable bonds is 3. The van der Waals surface area contributed by atoms with Crippen LogP contribution in [0.1, 0.15) is 17.3 Å². The van der Waals surface area contributed by atoms with E-state index in [0.717, 1.165) is 11.3 Å². The molecule has 90 valence electrons. The molecule has 4 nitrogen and oxygen atoms in total. The molecule has 0 radical (unpaired) electrons. The van der Waals surface area contributed by atoms with Crippen LogP contribution in [0.5, 0.6) is 0 Å². The summed E-state index contributed by atoms with van der Waals surface area (Å²) in [7, 11) is 0. The second-order valence-corrected chi connectivity index (χ2v) is 4.46. The van der Waals surface area contributed by atoms with E-state index in [9.17, 15) is 0 Å². The highest BCUT2D eigenvalue weighted by Gasteiger charge is 2.06. The van der Waals surface area contributed by atoms with Gasteiger partial charge in [-0.25, -0.2) is 0 Å². The van der Waals surface area contributed by atoms with Crippen LogP contribution in [0, 0.1) is 13.8 Å². The van der Waals surface area contributed by atoms with E-state index in [2.05, 4.69) is 15.5 Å². The van der Waals surface area contributed by atoms with Gasteiger partial charge in [0.2, 0.25) is 11.8 Å². The molecule has 0 aliphatic rings. The van der Waals surface area contributed by atoms with Gasteiger partial charge in [-0.1, -0.05) is 23.2 Å². The number of anilines is 1. The number of benzene rings is 1. The van der Waals surface area contributed by atoms with Crippen molar-refractivity contribution in [1.29, 1.82) is 0 Å². The number of halogens is 2. The summed E-state index contributed by atoms with van der Waals surface area (Å²) >= 11 is 12.1. The van der Waals surface area contributed by atoms with Crippen LogP contribution in [0.2, 0.25) is 10.0 Å². The standard InChI is InChI=1S/C11H11Cl2N3O/c1-6-3-9(13)10(4-8(6)12)14-5-11-16-15-7(2)17-11/h3-4,14H,5H2,1-2H3.